The summed E-state index contributed by atoms with van der Waals surface area (Å²) >= 11 is 7.52. The van der Waals surface area contributed by atoms with Crippen LogP contribution in [0.5, 0.6) is 0 Å². The number of halogens is 1. The largest absolute Gasteiger partial charge is 0.355 e. The van der Waals surface area contributed by atoms with E-state index in [-0.39, 0.29) is 23.6 Å². The van der Waals surface area contributed by atoms with Crippen LogP contribution < -0.4 is 10.2 Å². The first-order valence-electron chi connectivity index (χ1n) is 11.8. The van der Waals surface area contributed by atoms with Crippen LogP contribution in [0.15, 0.2) is 35.6 Å². The Balaban J connectivity index is 1.48. The van der Waals surface area contributed by atoms with Gasteiger partial charge in [-0.15, -0.1) is 0 Å². The van der Waals surface area contributed by atoms with Crippen molar-refractivity contribution in [3.05, 3.63) is 41.3 Å². The maximum atomic E-state index is 12.6. The number of hydrogen-bond donors (Lipinski definition) is 1. The minimum absolute atomic E-state index is 0.0881. The molecule has 1 atom stereocenters. The fraction of sp³-hybridized carbons (Fsp3) is 0.542. The Kier molecular flexibility index (Phi) is 10.4. The number of unbranched alkanes of at least 4 members (excludes halogenated alkanes) is 2. The van der Waals surface area contributed by atoms with Crippen LogP contribution >= 0.6 is 23.4 Å². The zero-order chi connectivity index (χ0) is 24.3. The third kappa shape index (κ3) is 8.13. The molecule has 0 spiro atoms. The highest BCUT2D eigenvalue weighted by atomic mass is 35.5. The van der Waals surface area contributed by atoms with Crippen LogP contribution in [0.2, 0.25) is 5.15 Å². The molecule has 34 heavy (non-hydrogen) atoms. The van der Waals surface area contributed by atoms with Crippen LogP contribution in [0.3, 0.4) is 0 Å². The third-order valence-electron chi connectivity index (χ3n) is 5.69. The van der Waals surface area contributed by atoms with Gasteiger partial charge in [0, 0.05) is 63.0 Å². The van der Waals surface area contributed by atoms with E-state index < -0.39 is 0 Å². The van der Waals surface area contributed by atoms with Crippen molar-refractivity contribution in [1.82, 2.24) is 25.2 Å². The first-order chi connectivity index (χ1) is 16.5. The highest BCUT2D eigenvalue weighted by Crippen LogP contribution is 2.24. The number of amides is 2. The molecular formula is C24H33ClN6O2S. The molecule has 3 heterocycles. The van der Waals surface area contributed by atoms with Gasteiger partial charge in [-0.3, -0.25) is 14.6 Å². The maximum Gasteiger partial charge on any atom is 0.230 e. The number of aromatic nitrogens is 3. The van der Waals surface area contributed by atoms with Crippen molar-refractivity contribution in [2.45, 2.75) is 57.1 Å². The number of thioether (sulfide) groups is 1. The predicted molar refractivity (Wildman–Crippen MR) is 136 cm³/mol. The van der Waals surface area contributed by atoms with Crippen molar-refractivity contribution >= 4 is 41.0 Å². The number of pyridine rings is 1. The van der Waals surface area contributed by atoms with Crippen LogP contribution in [0.4, 0.5) is 5.82 Å². The summed E-state index contributed by atoms with van der Waals surface area (Å²) in [5.74, 6) is 1.07. The topological polar surface area (TPSA) is 91.3 Å². The van der Waals surface area contributed by atoms with Crippen molar-refractivity contribution in [3.8, 4) is 0 Å². The Morgan fingerprint density at radius 1 is 1.24 bits per heavy atom. The normalized spacial score (nSPS) is 15.9. The molecule has 10 heteroatoms. The smallest absolute Gasteiger partial charge is 0.230 e. The molecule has 2 amide bonds. The van der Waals surface area contributed by atoms with Crippen molar-refractivity contribution < 1.29 is 9.59 Å². The van der Waals surface area contributed by atoms with Crippen molar-refractivity contribution in [2.24, 2.45) is 0 Å². The molecule has 2 aromatic rings. The number of anilines is 1. The SMILES string of the molecule is CCCCCC(=O)N1CCN(c2cc(Cl)nc(SCC(=O)NCCc3ccccn3)n2)CC1C. The highest BCUT2D eigenvalue weighted by Gasteiger charge is 2.28. The summed E-state index contributed by atoms with van der Waals surface area (Å²) < 4.78 is 0. The van der Waals surface area contributed by atoms with Crippen LogP contribution in [0, 0.1) is 0 Å². The van der Waals surface area contributed by atoms with Crippen molar-refractivity contribution in [1.29, 1.82) is 0 Å². The molecule has 3 rings (SSSR count). The third-order valence-corrected chi connectivity index (χ3v) is 6.73. The van der Waals surface area contributed by atoms with Crippen molar-refractivity contribution in [2.75, 3.05) is 36.8 Å². The quantitative estimate of drug-likeness (QED) is 0.216. The lowest BCUT2D eigenvalue weighted by atomic mass is 10.1. The number of rotatable bonds is 11. The molecule has 184 valence electrons. The van der Waals surface area contributed by atoms with Gasteiger partial charge >= 0.3 is 0 Å². The summed E-state index contributed by atoms with van der Waals surface area (Å²) in [5.41, 5.74) is 0.940. The van der Waals surface area contributed by atoms with Crippen LogP contribution in [0.25, 0.3) is 0 Å². The molecule has 1 aliphatic heterocycles. The first-order valence-corrected chi connectivity index (χ1v) is 13.2. The Hall–Kier alpha value is -2.39. The molecule has 8 nitrogen and oxygen atoms in total. The highest BCUT2D eigenvalue weighted by molar-refractivity contribution is 7.99. The minimum atomic E-state index is -0.0881. The van der Waals surface area contributed by atoms with Gasteiger partial charge in [0.15, 0.2) is 5.16 Å². The average Bonchev–Trinajstić information content (AvgIpc) is 2.83. The minimum Gasteiger partial charge on any atom is -0.355 e. The molecule has 1 unspecified atom stereocenters. The summed E-state index contributed by atoms with van der Waals surface area (Å²) in [4.78, 5) is 42.0. The molecule has 0 aliphatic carbocycles. The zero-order valence-electron chi connectivity index (χ0n) is 19.9. The molecule has 0 aromatic carbocycles. The van der Waals surface area contributed by atoms with Gasteiger partial charge in [-0.1, -0.05) is 49.2 Å². The molecule has 2 aromatic heterocycles. The van der Waals surface area contributed by atoms with Gasteiger partial charge in [0.1, 0.15) is 11.0 Å². The van der Waals surface area contributed by atoms with E-state index in [1.165, 1.54) is 11.8 Å². The van der Waals surface area contributed by atoms with E-state index in [9.17, 15) is 9.59 Å². The Morgan fingerprint density at radius 3 is 2.82 bits per heavy atom. The number of nitrogens with one attached hydrogen (secondary N) is 1. The average molecular weight is 505 g/mol. The van der Waals surface area contributed by atoms with Crippen LogP contribution in [0.1, 0.15) is 45.2 Å². The van der Waals surface area contributed by atoms with Gasteiger partial charge in [-0.25, -0.2) is 9.97 Å². The van der Waals surface area contributed by atoms with Crippen LogP contribution in [-0.2, 0) is 16.0 Å². The Morgan fingerprint density at radius 2 is 2.09 bits per heavy atom. The Bertz CT molecular complexity index is 948. The standard InChI is InChI=1S/C24H33ClN6O2S/c1-3-4-5-9-23(33)31-14-13-30(16-18(31)2)21-15-20(25)28-24(29-21)34-17-22(32)27-12-10-19-8-6-7-11-26-19/h6-8,11,15,18H,3-5,9-10,12-14,16-17H2,1-2H3,(H,27,32). The number of nitrogens with zero attached hydrogens (tertiary/aromatic N) is 5. The van der Waals surface area contributed by atoms with Gasteiger partial charge < -0.3 is 15.1 Å². The van der Waals surface area contributed by atoms with Gasteiger partial charge in [0.25, 0.3) is 0 Å². The number of carbonyl (C=O) groups excluding carboxylic acids is 2. The number of hydrogen-bond acceptors (Lipinski definition) is 7. The molecule has 1 aliphatic rings. The van der Waals surface area contributed by atoms with E-state index in [1.807, 2.05) is 23.1 Å². The van der Waals surface area contributed by atoms with E-state index in [1.54, 1.807) is 12.3 Å². The number of piperazine rings is 1. The second kappa shape index (κ2) is 13.5. The van der Waals surface area contributed by atoms with Gasteiger partial charge in [0.2, 0.25) is 11.8 Å². The van der Waals surface area contributed by atoms with E-state index >= 15 is 0 Å². The lowest BCUT2D eigenvalue weighted by molar-refractivity contribution is -0.133. The fourth-order valence-corrected chi connectivity index (χ4v) is 4.79. The first kappa shape index (κ1) is 26.2. The zero-order valence-corrected chi connectivity index (χ0v) is 21.4. The van der Waals surface area contributed by atoms with Crippen LogP contribution in [-0.4, -0.2) is 69.6 Å². The van der Waals surface area contributed by atoms with Gasteiger partial charge in [-0.2, -0.15) is 0 Å². The molecular weight excluding hydrogens is 472 g/mol. The van der Waals surface area contributed by atoms with Crippen molar-refractivity contribution in [3.63, 3.8) is 0 Å². The lowest BCUT2D eigenvalue weighted by Gasteiger charge is -2.40. The van der Waals surface area contributed by atoms with E-state index in [2.05, 4.69) is 39.0 Å². The Labute approximate surface area is 210 Å². The van der Waals surface area contributed by atoms with E-state index in [0.717, 1.165) is 30.8 Å². The van der Waals surface area contributed by atoms with Gasteiger partial charge in [-0.05, 0) is 25.5 Å². The van der Waals surface area contributed by atoms with E-state index in [0.29, 0.717) is 49.3 Å². The molecule has 0 bridgehead atoms. The summed E-state index contributed by atoms with van der Waals surface area (Å²) in [5, 5.41) is 3.70. The lowest BCUT2D eigenvalue weighted by Crippen LogP contribution is -2.54. The van der Waals surface area contributed by atoms with Gasteiger partial charge in [0.05, 0.1) is 5.75 Å². The monoisotopic (exact) mass is 504 g/mol. The predicted octanol–water partition coefficient (Wildman–Crippen LogP) is 3.59. The second-order valence-corrected chi connectivity index (χ2v) is 9.71. The summed E-state index contributed by atoms with van der Waals surface area (Å²) in [6.07, 6.45) is 6.18. The molecule has 0 radical (unpaired) electrons. The van der Waals surface area contributed by atoms with E-state index in [4.69, 9.17) is 11.6 Å². The summed E-state index contributed by atoms with van der Waals surface area (Å²) in [6, 6.07) is 7.57. The molecule has 1 fully saturated rings. The summed E-state index contributed by atoms with van der Waals surface area (Å²) in [7, 11) is 0. The fourth-order valence-electron chi connectivity index (χ4n) is 3.88. The molecule has 1 saturated heterocycles. The summed E-state index contributed by atoms with van der Waals surface area (Å²) in [6.45, 7) is 6.77. The molecule has 0 saturated carbocycles. The second-order valence-electron chi connectivity index (χ2n) is 8.38. The molecule has 1 N–H and O–H groups in total. The number of carbonyl (C=O) groups is 2. The maximum absolute atomic E-state index is 12.6.